The summed E-state index contributed by atoms with van der Waals surface area (Å²) in [5, 5.41) is 3.63. The second-order valence-corrected chi connectivity index (χ2v) is 6.47. The fourth-order valence-electron chi connectivity index (χ4n) is 2.10. The van der Waals surface area contributed by atoms with E-state index >= 15 is 0 Å². The van der Waals surface area contributed by atoms with Gasteiger partial charge in [0.05, 0.1) is 18.1 Å². The second-order valence-electron chi connectivity index (χ2n) is 5.63. The minimum Gasteiger partial charge on any atom is -0.465 e. The van der Waals surface area contributed by atoms with Crippen LogP contribution in [0.3, 0.4) is 0 Å². The second kappa shape index (κ2) is 7.20. The van der Waals surface area contributed by atoms with E-state index in [0.29, 0.717) is 27.0 Å². The first-order valence-electron chi connectivity index (χ1n) is 7.07. The minimum atomic E-state index is -0.898. The van der Waals surface area contributed by atoms with E-state index in [1.165, 1.54) is 25.4 Å². The van der Waals surface area contributed by atoms with Crippen molar-refractivity contribution < 1.29 is 14.3 Å². The van der Waals surface area contributed by atoms with Crippen molar-refractivity contribution in [3.8, 4) is 0 Å². The molecule has 0 fully saturated rings. The first-order chi connectivity index (χ1) is 11.3. The van der Waals surface area contributed by atoms with Crippen molar-refractivity contribution in [3.63, 3.8) is 0 Å². The topological polar surface area (TPSA) is 68.3 Å². The summed E-state index contributed by atoms with van der Waals surface area (Å²) in [5.41, 5.74) is 0.0532. The highest BCUT2D eigenvalue weighted by Gasteiger charge is 2.32. The van der Waals surface area contributed by atoms with E-state index in [0.717, 1.165) is 0 Å². The van der Waals surface area contributed by atoms with Gasteiger partial charge >= 0.3 is 5.97 Å². The van der Waals surface area contributed by atoms with Crippen LogP contribution in [-0.4, -0.2) is 24.0 Å². The van der Waals surface area contributed by atoms with E-state index in [9.17, 15) is 9.59 Å². The SMILES string of the molecule is COC(=O)c1ccc(NC(=O)C(C)(C)c2ccc(Cl)cc2Cl)nc1. The zero-order valence-electron chi connectivity index (χ0n) is 13.4. The number of carbonyl (C=O) groups is 2. The maximum atomic E-state index is 12.6. The van der Waals surface area contributed by atoms with Crippen molar-refractivity contribution in [2.75, 3.05) is 12.4 Å². The summed E-state index contributed by atoms with van der Waals surface area (Å²) in [6, 6.07) is 8.05. The Kier molecular flexibility index (Phi) is 5.47. The minimum absolute atomic E-state index is 0.287. The summed E-state index contributed by atoms with van der Waals surface area (Å²) >= 11 is 12.1. The molecule has 0 spiro atoms. The first-order valence-corrected chi connectivity index (χ1v) is 7.82. The molecule has 1 aromatic heterocycles. The van der Waals surface area contributed by atoms with Crippen LogP contribution in [0.25, 0.3) is 0 Å². The zero-order valence-corrected chi connectivity index (χ0v) is 14.9. The number of rotatable bonds is 4. The number of hydrogen-bond donors (Lipinski definition) is 1. The molecule has 2 aromatic rings. The van der Waals surface area contributed by atoms with E-state index in [2.05, 4.69) is 15.0 Å². The third-order valence-electron chi connectivity index (χ3n) is 3.60. The summed E-state index contributed by atoms with van der Waals surface area (Å²) in [6.07, 6.45) is 1.34. The zero-order chi connectivity index (χ0) is 17.9. The smallest absolute Gasteiger partial charge is 0.339 e. The monoisotopic (exact) mass is 366 g/mol. The number of amides is 1. The Labute approximate surface area is 149 Å². The van der Waals surface area contributed by atoms with Crippen LogP contribution >= 0.6 is 23.2 Å². The number of pyridine rings is 1. The highest BCUT2D eigenvalue weighted by molar-refractivity contribution is 6.35. The fraction of sp³-hybridized carbons (Fsp3) is 0.235. The lowest BCUT2D eigenvalue weighted by molar-refractivity contribution is -0.120. The summed E-state index contributed by atoms with van der Waals surface area (Å²) in [5.74, 6) is -0.454. The molecule has 0 unspecified atom stereocenters. The maximum absolute atomic E-state index is 12.6. The number of ether oxygens (including phenoxy) is 1. The van der Waals surface area contributed by atoms with Crippen LogP contribution in [-0.2, 0) is 14.9 Å². The summed E-state index contributed by atoms with van der Waals surface area (Å²) in [4.78, 5) is 28.0. The van der Waals surface area contributed by atoms with Crippen molar-refractivity contribution in [2.24, 2.45) is 0 Å². The molecule has 7 heteroatoms. The van der Waals surface area contributed by atoms with Crippen LogP contribution in [0.15, 0.2) is 36.5 Å². The number of anilines is 1. The van der Waals surface area contributed by atoms with Crippen LogP contribution in [0.1, 0.15) is 29.8 Å². The molecule has 0 atom stereocenters. The van der Waals surface area contributed by atoms with Crippen LogP contribution in [0.2, 0.25) is 10.0 Å². The normalized spacial score (nSPS) is 11.0. The van der Waals surface area contributed by atoms with Gasteiger partial charge in [-0.05, 0) is 43.7 Å². The van der Waals surface area contributed by atoms with E-state index in [1.807, 2.05) is 0 Å². The molecule has 126 valence electrons. The fourth-order valence-corrected chi connectivity index (χ4v) is 2.74. The highest BCUT2D eigenvalue weighted by Crippen LogP contribution is 2.32. The summed E-state index contributed by atoms with van der Waals surface area (Å²) in [7, 11) is 1.29. The molecule has 2 rings (SSSR count). The lowest BCUT2D eigenvalue weighted by Crippen LogP contribution is -2.35. The van der Waals surface area contributed by atoms with Gasteiger partial charge in [-0.15, -0.1) is 0 Å². The van der Waals surface area contributed by atoms with E-state index in [4.69, 9.17) is 23.2 Å². The van der Waals surface area contributed by atoms with E-state index in [1.54, 1.807) is 32.0 Å². The molecule has 0 aliphatic heterocycles. The van der Waals surface area contributed by atoms with Crippen LogP contribution < -0.4 is 5.32 Å². The molecule has 1 N–H and O–H groups in total. The Hall–Kier alpha value is -2.11. The molecule has 0 aliphatic rings. The number of halogens is 2. The Morgan fingerprint density at radius 2 is 1.88 bits per heavy atom. The largest absolute Gasteiger partial charge is 0.465 e. The van der Waals surface area contributed by atoms with Gasteiger partial charge in [0.25, 0.3) is 0 Å². The average Bonchev–Trinajstić information content (AvgIpc) is 2.54. The Balaban J connectivity index is 2.20. The molecule has 0 saturated heterocycles. The summed E-state index contributed by atoms with van der Waals surface area (Å²) in [6.45, 7) is 3.50. The number of benzene rings is 1. The molecular formula is C17H16Cl2N2O3. The number of hydrogen-bond acceptors (Lipinski definition) is 4. The molecule has 0 bridgehead atoms. The molecule has 1 amide bonds. The number of esters is 1. The Bertz CT molecular complexity index is 774. The van der Waals surface area contributed by atoms with Crippen molar-refractivity contribution in [1.29, 1.82) is 0 Å². The van der Waals surface area contributed by atoms with Gasteiger partial charge in [-0.1, -0.05) is 29.3 Å². The van der Waals surface area contributed by atoms with E-state index < -0.39 is 11.4 Å². The predicted octanol–water partition coefficient (Wildman–Crippen LogP) is 4.09. The number of aromatic nitrogens is 1. The van der Waals surface area contributed by atoms with Crippen molar-refractivity contribution >= 4 is 40.9 Å². The lowest BCUT2D eigenvalue weighted by atomic mass is 9.83. The molecule has 0 aliphatic carbocycles. The molecule has 0 radical (unpaired) electrons. The molecule has 5 nitrogen and oxygen atoms in total. The third-order valence-corrected chi connectivity index (χ3v) is 4.15. The Morgan fingerprint density at radius 1 is 1.17 bits per heavy atom. The maximum Gasteiger partial charge on any atom is 0.339 e. The van der Waals surface area contributed by atoms with Crippen LogP contribution in [0.5, 0.6) is 0 Å². The van der Waals surface area contributed by atoms with Gasteiger partial charge < -0.3 is 10.1 Å². The van der Waals surface area contributed by atoms with Gasteiger partial charge in [-0.2, -0.15) is 0 Å². The van der Waals surface area contributed by atoms with Crippen molar-refractivity contribution in [3.05, 3.63) is 57.7 Å². The highest BCUT2D eigenvalue weighted by atomic mass is 35.5. The van der Waals surface area contributed by atoms with Gasteiger partial charge in [0, 0.05) is 16.2 Å². The molecule has 24 heavy (non-hydrogen) atoms. The van der Waals surface area contributed by atoms with Crippen LogP contribution in [0, 0.1) is 0 Å². The lowest BCUT2D eigenvalue weighted by Gasteiger charge is -2.25. The van der Waals surface area contributed by atoms with Gasteiger partial charge in [0.15, 0.2) is 0 Å². The van der Waals surface area contributed by atoms with Crippen molar-refractivity contribution in [2.45, 2.75) is 19.3 Å². The standard InChI is InChI=1S/C17H16Cl2N2O3/c1-17(2,12-6-5-11(18)8-13(12)19)16(23)21-14-7-4-10(9-20-14)15(22)24-3/h4-9H,1-3H3,(H,20,21,23). The van der Waals surface area contributed by atoms with Gasteiger partial charge in [0.2, 0.25) is 5.91 Å². The molecule has 1 heterocycles. The Morgan fingerprint density at radius 3 is 2.42 bits per heavy atom. The van der Waals surface area contributed by atoms with Gasteiger partial charge in [-0.3, -0.25) is 4.79 Å². The third kappa shape index (κ3) is 3.86. The van der Waals surface area contributed by atoms with Crippen molar-refractivity contribution in [1.82, 2.24) is 4.98 Å². The number of nitrogens with one attached hydrogen (secondary N) is 1. The molecule has 1 aromatic carbocycles. The number of methoxy groups -OCH3 is 1. The number of nitrogens with zero attached hydrogens (tertiary/aromatic N) is 1. The van der Waals surface area contributed by atoms with E-state index in [-0.39, 0.29) is 5.91 Å². The van der Waals surface area contributed by atoms with Crippen LogP contribution in [0.4, 0.5) is 5.82 Å². The quantitative estimate of drug-likeness (QED) is 0.827. The van der Waals surface area contributed by atoms with Gasteiger partial charge in [0.1, 0.15) is 5.82 Å². The molecular weight excluding hydrogens is 351 g/mol. The predicted molar refractivity (Wildman–Crippen MR) is 93.7 cm³/mol. The summed E-state index contributed by atoms with van der Waals surface area (Å²) < 4.78 is 4.60. The first kappa shape index (κ1) is 18.2. The number of carbonyl (C=O) groups excluding carboxylic acids is 2. The van der Waals surface area contributed by atoms with Gasteiger partial charge in [-0.25, -0.2) is 9.78 Å². The average molecular weight is 367 g/mol. The molecule has 0 saturated carbocycles.